The molecule has 4 rings (SSSR count). The highest BCUT2D eigenvalue weighted by atomic mass is 16.2. The fourth-order valence-corrected chi connectivity index (χ4v) is 4.18. The third-order valence-electron chi connectivity index (χ3n) is 5.70. The summed E-state index contributed by atoms with van der Waals surface area (Å²) >= 11 is 0. The quantitative estimate of drug-likeness (QED) is 0.923. The fourth-order valence-electron chi connectivity index (χ4n) is 4.18. The SMILES string of the molecule is CC[C@H](C)N1CC(=O)N2[C@H](Cc3c([nH]c4ccccc34)[C@H]2C)C1=O. The average molecular weight is 325 g/mol. The highest BCUT2D eigenvalue weighted by molar-refractivity contribution is 5.97. The van der Waals surface area contributed by atoms with Crippen molar-refractivity contribution >= 4 is 22.7 Å². The van der Waals surface area contributed by atoms with Crippen molar-refractivity contribution in [2.45, 2.75) is 51.7 Å². The maximum atomic E-state index is 13.0. The van der Waals surface area contributed by atoms with Gasteiger partial charge in [-0.15, -0.1) is 0 Å². The fraction of sp³-hybridized carbons (Fsp3) is 0.474. The molecule has 5 heteroatoms. The molecule has 1 aromatic carbocycles. The third-order valence-corrected chi connectivity index (χ3v) is 5.70. The molecule has 0 unspecified atom stereocenters. The normalized spacial score (nSPS) is 25.0. The highest BCUT2D eigenvalue weighted by Crippen LogP contribution is 2.39. The number of rotatable bonds is 2. The van der Waals surface area contributed by atoms with E-state index in [-0.39, 0.29) is 36.5 Å². The molecule has 2 aliphatic heterocycles. The first kappa shape index (κ1) is 15.2. The van der Waals surface area contributed by atoms with E-state index in [1.807, 2.05) is 26.0 Å². The van der Waals surface area contributed by atoms with E-state index in [9.17, 15) is 9.59 Å². The van der Waals surface area contributed by atoms with Crippen LogP contribution in [-0.2, 0) is 16.0 Å². The van der Waals surface area contributed by atoms with Crippen molar-refractivity contribution in [3.8, 4) is 0 Å². The smallest absolute Gasteiger partial charge is 0.246 e. The van der Waals surface area contributed by atoms with Crippen LogP contribution in [0.3, 0.4) is 0 Å². The van der Waals surface area contributed by atoms with Crippen molar-refractivity contribution in [2.24, 2.45) is 0 Å². The molecule has 0 bridgehead atoms. The zero-order chi connectivity index (χ0) is 17.0. The number of nitrogens with one attached hydrogen (secondary N) is 1. The Bertz CT molecular complexity index is 825. The summed E-state index contributed by atoms with van der Waals surface area (Å²) in [4.78, 5) is 32.8. The topological polar surface area (TPSA) is 56.4 Å². The van der Waals surface area contributed by atoms with Crippen LogP contribution in [0.15, 0.2) is 24.3 Å². The number of nitrogens with zero attached hydrogens (tertiary/aromatic N) is 2. The van der Waals surface area contributed by atoms with Crippen LogP contribution in [-0.4, -0.2) is 45.2 Å². The van der Waals surface area contributed by atoms with Gasteiger partial charge in [0, 0.05) is 29.1 Å². The second kappa shape index (κ2) is 5.36. The number of hydrogen-bond acceptors (Lipinski definition) is 2. The minimum Gasteiger partial charge on any atom is -0.356 e. The van der Waals surface area contributed by atoms with Crippen molar-refractivity contribution in [1.82, 2.24) is 14.8 Å². The lowest BCUT2D eigenvalue weighted by atomic mass is 9.89. The Balaban J connectivity index is 1.80. The number of hydrogen-bond donors (Lipinski definition) is 1. The third kappa shape index (κ3) is 2.00. The number of fused-ring (bicyclic) bond motifs is 4. The first-order valence-corrected chi connectivity index (χ1v) is 8.74. The van der Waals surface area contributed by atoms with Gasteiger partial charge in [0.25, 0.3) is 0 Å². The zero-order valence-corrected chi connectivity index (χ0v) is 14.4. The predicted octanol–water partition coefficient (Wildman–Crippen LogP) is 2.62. The first-order chi connectivity index (χ1) is 11.5. The average Bonchev–Trinajstić information content (AvgIpc) is 2.96. The van der Waals surface area contributed by atoms with E-state index in [1.165, 1.54) is 10.9 Å². The van der Waals surface area contributed by atoms with Gasteiger partial charge >= 0.3 is 0 Å². The first-order valence-electron chi connectivity index (χ1n) is 8.74. The Morgan fingerprint density at radius 1 is 1.29 bits per heavy atom. The number of carbonyl (C=O) groups excluding carboxylic acids is 2. The van der Waals surface area contributed by atoms with Crippen molar-refractivity contribution in [3.05, 3.63) is 35.5 Å². The van der Waals surface area contributed by atoms with Crippen LogP contribution < -0.4 is 0 Å². The summed E-state index contributed by atoms with van der Waals surface area (Å²) in [6, 6.07) is 7.80. The number of aromatic nitrogens is 1. The molecule has 2 aromatic rings. The number of amides is 2. The van der Waals surface area contributed by atoms with Gasteiger partial charge in [0.1, 0.15) is 12.6 Å². The molecule has 0 radical (unpaired) electrons. The van der Waals surface area contributed by atoms with E-state index in [0.29, 0.717) is 6.42 Å². The molecule has 0 aliphatic carbocycles. The number of H-pyrrole nitrogens is 1. The van der Waals surface area contributed by atoms with E-state index in [0.717, 1.165) is 17.6 Å². The van der Waals surface area contributed by atoms with E-state index in [1.54, 1.807) is 9.80 Å². The molecule has 1 saturated heterocycles. The van der Waals surface area contributed by atoms with E-state index >= 15 is 0 Å². The lowest BCUT2D eigenvalue weighted by Gasteiger charge is -2.47. The molecule has 5 nitrogen and oxygen atoms in total. The van der Waals surface area contributed by atoms with Gasteiger partial charge in [-0.2, -0.15) is 0 Å². The van der Waals surface area contributed by atoms with Crippen LogP contribution in [0.25, 0.3) is 10.9 Å². The Hall–Kier alpha value is -2.30. The molecule has 1 N–H and O–H groups in total. The number of piperazine rings is 1. The predicted molar refractivity (Wildman–Crippen MR) is 92.5 cm³/mol. The molecule has 2 aliphatic rings. The Labute approximate surface area is 141 Å². The Morgan fingerprint density at radius 2 is 2.04 bits per heavy atom. The summed E-state index contributed by atoms with van der Waals surface area (Å²) < 4.78 is 0. The molecule has 1 fully saturated rings. The maximum absolute atomic E-state index is 13.0. The van der Waals surface area contributed by atoms with E-state index < -0.39 is 0 Å². The molecule has 126 valence electrons. The largest absolute Gasteiger partial charge is 0.356 e. The molecule has 3 atom stereocenters. The molecular formula is C19H23N3O2. The van der Waals surface area contributed by atoms with Crippen LogP contribution in [0.4, 0.5) is 0 Å². The van der Waals surface area contributed by atoms with Crippen LogP contribution in [0, 0.1) is 0 Å². The van der Waals surface area contributed by atoms with Crippen molar-refractivity contribution in [2.75, 3.05) is 6.54 Å². The second-order valence-electron chi connectivity index (χ2n) is 6.98. The van der Waals surface area contributed by atoms with Gasteiger partial charge in [-0.1, -0.05) is 25.1 Å². The second-order valence-corrected chi connectivity index (χ2v) is 6.98. The highest BCUT2D eigenvalue weighted by Gasteiger charge is 2.46. The summed E-state index contributed by atoms with van der Waals surface area (Å²) in [6.07, 6.45) is 1.46. The zero-order valence-electron chi connectivity index (χ0n) is 14.4. The van der Waals surface area contributed by atoms with Crippen LogP contribution in [0.1, 0.15) is 44.5 Å². The van der Waals surface area contributed by atoms with Crippen molar-refractivity contribution < 1.29 is 9.59 Å². The Kier molecular flexibility index (Phi) is 3.41. The van der Waals surface area contributed by atoms with Crippen molar-refractivity contribution in [3.63, 3.8) is 0 Å². The summed E-state index contributed by atoms with van der Waals surface area (Å²) in [5.41, 5.74) is 3.34. The minimum absolute atomic E-state index is 0.0525. The molecule has 1 aromatic heterocycles. The van der Waals surface area contributed by atoms with E-state index in [4.69, 9.17) is 0 Å². The standard InChI is InChI=1S/C19H23N3O2/c1-4-11(2)21-10-17(23)22-12(3)18-14(9-16(22)19(21)24)13-7-5-6-8-15(13)20-18/h5-8,11-12,16,20H,4,9-10H2,1-3H3/t11-,12+,16+/m0/s1. The molecule has 24 heavy (non-hydrogen) atoms. The Morgan fingerprint density at radius 3 is 2.79 bits per heavy atom. The van der Waals surface area contributed by atoms with Gasteiger partial charge in [0.15, 0.2) is 0 Å². The van der Waals surface area contributed by atoms with Gasteiger partial charge in [0.05, 0.1) is 6.04 Å². The molecule has 0 spiro atoms. The van der Waals surface area contributed by atoms with Gasteiger partial charge in [-0.25, -0.2) is 0 Å². The van der Waals surface area contributed by atoms with Crippen LogP contribution >= 0.6 is 0 Å². The summed E-state index contributed by atoms with van der Waals surface area (Å²) in [6.45, 7) is 6.29. The lowest BCUT2D eigenvalue weighted by molar-refractivity contribution is -0.161. The number of carbonyl (C=O) groups is 2. The molecular weight excluding hydrogens is 302 g/mol. The summed E-state index contributed by atoms with van der Waals surface area (Å²) in [5.74, 6) is 0.142. The van der Waals surface area contributed by atoms with E-state index in [2.05, 4.69) is 24.0 Å². The molecule has 0 saturated carbocycles. The molecule has 3 heterocycles. The minimum atomic E-state index is -0.373. The van der Waals surface area contributed by atoms with Gasteiger partial charge in [-0.3, -0.25) is 9.59 Å². The number of benzene rings is 1. The van der Waals surface area contributed by atoms with Gasteiger partial charge in [0.2, 0.25) is 11.8 Å². The molecule has 2 amide bonds. The summed E-state index contributed by atoms with van der Waals surface area (Å²) in [7, 11) is 0. The summed E-state index contributed by atoms with van der Waals surface area (Å²) in [5, 5.41) is 1.17. The number of aromatic amines is 1. The van der Waals surface area contributed by atoms with Gasteiger partial charge < -0.3 is 14.8 Å². The van der Waals surface area contributed by atoms with Crippen LogP contribution in [0.5, 0.6) is 0 Å². The van der Waals surface area contributed by atoms with Crippen LogP contribution in [0.2, 0.25) is 0 Å². The maximum Gasteiger partial charge on any atom is 0.246 e. The van der Waals surface area contributed by atoms with Crippen molar-refractivity contribution in [1.29, 1.82) is 0 Å². The van der Waals surface area contributed by atoms with Gasteiger partial charge in [-0.05, 0) is 31.9 Å². The number of para-hydroxylation sites is 1. The monoisotopic (exact) mass is 325 g/mol. The lowest BCUT2D eigenvalue weighted by Crippen LogP contribution is -2.64.